The van der Waals surface area contributed by atoms with Crippen molar-refractivity contribution in [3.05, 3.63) is 48.6 Å². The number of allylic oxidation sites excluding steroid dienone is 7. The molecular weight excluding hydrogens is 971 g/mol. The maximum Gasteiger partial charge on any atom is 0.305 e. The number of aliphatic hydroxyl groups excluding tert-OH is 2. The first-order valence-electron chi connectivity index (χ1n) is 35.4. The first-order chi connectivity index (χ1) is 39.0. The van der Waals surface area contributed by atoms with Crippen molar-refractivity contribution in [2.24, 2.45) is 0 Å². The van der Waals surface area contributed by atoms with Gasteiger partial charge in [-0.05, 0) is 89.9 Å². The summed E-state index contributed by atoms with van der Waals surface area (Å²) in [5.74, 6) is -0.0556. The Balaban J connectivity index is 3.36. The van der Waals surface area contributed by atoms with Crippen molar-refractivity contribution in [3.8, 4) is 0 Å². The Morgan fingerprint density at radius 3 is 0.975 bits per heavy atom. The molecule has 0 bridgehead atoms. The van der Waals surface area contributed by atoms with E-state index in [9.17, 15) is 19.8 Å². The van der Waals surface area contributed by atoms with Gasteiger partial charge in [-0.3, -0.25) is 9.59 Å². The molecule has 3 N–H and O–H groups in total. The van der Waals surface area contributed by atoms with Crippen LogP contribution in [0.2, 0.25) is 0 Å². The van der Waals surface area contributed by atoms with Crippen molar-refractivity contribution in [3.63, 3.8) is 0 Å². The van der Waals surface area contributed by atoms with Crippen LogP contribution in [-0.4, -0.2) is 47.4 Å². The van der Waals surface area contributed by atoms with Crippen molar-refractivity contribution in [1.82, 2.24) is 5.32 Å². The lowest BCUT2D eigenvalue weighted by Gasteiger charge is -2.20. The minimum Gasteiger partial charge on any atom is -0.466 e. The Labute approximate surface area is 493 Å². The van der Waals surface area contributed by atoms with Crippen LogP contribution in [-0.2, 0) is 14.3 Å². The standard InChI is InChI=1S/C73H137NO5/c1-3-5-7-9-11-13-15-16-43-47-51-55-59-63-67-73(78)79-68-64-60-56-52-48-44-41-39-37-35-33-31-29-27-25-23-21-19-17-18-20-22-24-26-28-30-32-34-36-38-40-42-46-50-54-58-62-66-72(77)74-70(69-75)71(76)65-61-57-53-49-45-14-12-10-8-6-4-2/h15-17,19,23,25,61,65,70-71,75-76H,3-14,18,20-22,24,26-60,62-64,66-69H2,1-2H3,(H,74,77)/b16-15-,19-17-,25-23-,65-61+. The van der Waals surface area contributed by atoms with Gasteiger partial charge < -0.3 is 20.3 Å². The van der Waals surface area contributed by atoms with E-state index < -0.39 is 12.1 Å². The summed E-state index contributed by atoms with van der Waals surface area (Å²) in [6, 6.07) is -0.625. The lowest BCUT2D eigenvalue weighted by molar-refractivity contribution is -0.143. The number of hydrogen-bond acceptors (Lipinski definition) is 5. The van der Waals surface area contributed by atoms with Crippen LogP contribution >= 0.6 is 0 Å². The Kier molecular flexibility index (Phi) is 66.4. The van der Waals surface area contributed by atoms with E-state index in [4.69, 9.17) is 4.74 Å². The van der Waals surface area contributed by atoms with Gasteiger partial charge >= 0.3 is 5.97 Å². The minimum absolute atomic E-state index is 0.00997. The molecule has 0 fully saturated rings. The van der Waals surface area contributed by atoms with E-state index in [1.165, 1.54) is 302 Å². The fourth-order valence-electron chi connectivity index (χ4n) is 10.9. The summed E-state index contributed by atoms with van der Waals surface area (Å²) in [4.78, 5) is 24.5. The van der Waals surface area contributed by atoms with Crippen LogP contribution in [0.25, 0.3) is 0 Å². The molecule has 0 saturated heterocycles. The molecule has 6 heteroatoms. The molecule has 0 aromatic rings. The monoisotopic (exact) mass is 1110 g/mol. The summed E-state index contributed by atoms with van der Waals surface area (Å²) in [6.45, 7) is 4.90. The molecule has 0 aromatic heterocycles. The summed E-state index contributed by atoms with van der Waals surface area (Å²) >= 11 is 0. The highest BCUT2D eigenvalue weighted by atomic mass is 16.5. The van der Waals surface area contributed by atoms with E-state index in [0.717, 1.165) is 51.4 Å². The van der Waals surface area contributed by atoms with E-state index in [1.807, 2.05) is 6.08 Å². The minimum atomic E-state index is -0.841. The van der Waals surface area contributed by atoms with Crippen LogP contribution in [0.1, 0.15) is 380 Å². The van der Waals surface area contributed by atoms with Crippen molar-refractivity contribution < 1.29 is 24.5 Å². The van der Waals surface area contributed by atoms with Crippen LogP contribution in [0.15, 0.2) is 48.6 Å². The average molecular weight is 1110 g/mol. The second-order valence-electron chi connectivity index (χ2n) is 24.2. The van der Waals surface area contributed by atoms with Crippen molar-refractivity contribution >= 4 is 11.9 Å². The molecular formula is C73H137NO5. The number of nitrogens with one attached hydrogen (secondary N) is 1. The van der Waals surface area contributed by atoms with E-state index >= 15 is 0 Å². The molecule has 6 nitrogen and oxygen atoms in total. The van der Waals surface area contributed by atoms with Gasteiger partial charge in [0.1, 0.15) is 0 Å². The summed E-state index contributed by atoms with van der Waals surface area (Å²) in [7, 11) is 0. The lowest BCUT2D eigenvalue weighted by Crippen LogP contribution is -2.45. The average Bonchev–Trinajstić information content (AvgIpc) is 3.45. The highest BCUT2D eigenvalue weighted by molar-refractivity contribution is 5.76. The lowest BCUT2D eigenvalue weighted by atomic mass is 10.0. The fourth-order valence-corrected chi connectivity index (χ4v) is 10.9. The van der Waals surface area contributed by atoms with E-state index in [2.05, 4.69) is 55.6 Å². The molecule has 0 radical (unpaired) electrons. The molecule has 2 unspecified atom stereocenters. The van der Waals surface area contributed by atoms with Gasteiger partial charge in [0.25, 0.3) is 0 Å². The first-order valence-corrected chi connectivity index (χ1v) is 35.4. The van der Waals surface area contributed by atoms with Gasteiger partial charge in [0.15, 0.2) is 0 Å². The molecule has 79 heavy (non-hydrogen) atoms. The normalized spacial score (nSPS) is 12.8. The molecule has 0 heterocycles. The molecule has 0 rings (SSSR count). The topological polar surface area (TPSA) is 95.9 Å². The van der Waals surface area contributed by atoms with Crippen LogP contribution in [0, 0.1) is 0 Å². The number of hydrogen-bond donors (Lipinski definition) is 3. The van der Waals surface area contributed by atoms with Crippen LogP contribution in [0.3, 0.4) is 0 Å². The zero-order chi connectivity index (χ0) is 57.1. The number of rotatable bonds is 66. The van der Waals surface area contributed by atoms with E-state index in [1.54, 1.807) is 6.08 Å². The molecule has 464 valence electrons. The maximum atomic E-state index is 12.4. The third-order valence-corrected chi connectivity index (χ3v) is 16.3. The van der Waals surface area contributed by atoms with E-state index in [0.29, 0.717) is 19.4 Å². The Morgan fingerprint density at radius 1 is 0.354 bits per heavy atom. The molecule has 0 aliphatic carbocycles. The molecule has 1 amide bonds. The highest BCUT2D eigenvalue weighted by Gasteiger charge is 2.18. The molecule has 0 aliphatic rings. The third-order valence-electron chi connectivity index (χ3n) is 16.3. The van der Waals surface area contributed by atoms with Gasteiger partial charge in [-0.2, -0.15) is 0 Å². The Hall–Kier alpha value is -2.18. The highest BCUT2D eigenvalue weighted by Crippen LogP contribution is 2.18. The number of unbranched alkanes of at least 4 members (excludes halogenated alkanes) is 49. The number of esters is 1. The second kappa shape index (κ2) is 68.3. The van der Waals surface area contributed by atoms with Gasteiger partial charge in [0, 0.05) is 12.8 Å². The van der Waals surface area contributed by atoms with E-state index in [-0.39, 0.29) is 18.5 Å². The largest absolute Gasteiger partial charge is 0.466 e. The molecule has 0 spiro atoms. The van der Waals surface area contributed by atoms with Gasteiger partial charge in [0.05, 0.1) is 25.4 Å². The SMILES string of the molecule is CCCCCCC/C=C\CCCCCCCC(=O)OCCCCCCCCCCCCCCC/C=C\C/C=C\CCCCCCCCCCCCCCCCCCCC(=O)NC(CO)C(O)/C=C/CCCCCCCCCCC. The van der Waals surface area contributed by atoms with Crippen LogP contribution in [0.4, 0.5) is 0 Å². The predicted octanol–water partition coefficient (Wildman–Crippen LogP) is 22.9. The fraction of sp³-hybridized carbons (Fsp3) is 0.863. The third kappa shape index (κ3) is 64.8. The van der Waals surface area contributed by atoms with Crippen molar-refractivity contribution in [2.75, 3.05) is 13.2 Å². The summed E-state index contributed by atoms with van der Waals surface area (Å²) < 4.78 is 5.49. The summed E-state index contributed by atoms with van der Waals surface area (Å²) in [5.41, 5.74) is 0. The number of ether oxygens (including phenoxy) is 1. The summed E-state index contributed by atoms with van der Waals surface area (Å²) in [6.07, 6.45) is 89.3. The van der Waals surface area contributed by atoms with Gasteiger partial charge in [0.2, 0.25) is 5.91 Å². The zero-order valence-electron chi connectivity index (χ0n) is 53.1. The predicted molar refractivity (Wildman–Crippen MR) is 347 cm³/mol. The quantitative estimate of drug-likeness (QED) is 0.0320. The number of amides is 1. The van der Waals surface area contributed by atoms with Crippen LogP contribution in [0.5, 0.6) is 0 Å². The number of carbonyl (C=O) groups excluding carboxylic acids is 2. The molecule has 0 aliphatic heterocycles. The van der Waals surface area contributed by atoms with Gasteiger partial charge in [-0.25, -0.2) is 0 Å². The number of carbonyl (C=O) groups is 2. The number of aliphatic hydroxyl groups is 2. The summed E-state index contributed by atoms with van der Waals surface area (Å²) in [5, 5.41) is 23.1. The Bertz CT molecular complexity index is 1320. The van der Waals surface area contributed by atoms with Crippen LogP contribution < -0.4 is 5.32 Å². The van der Waals surface area contributed by atoms with Crippen molar-refractivity contribution in [2.45, 2.75) is 392 Å². The zero-order valence-corrected chi connectivity index (χ0v) is 53.1. The first kappa shape index (κ1) is 76.8. The molecule has 2 atom stereocenters. The Morgan fingerprint density at radius 2 is 0.633 bits per heavy atom. The second-order valence-corrected chi connectivity index (χ2v) is 24.2. The van der Waals surface area contributed by atoms with Gasteiger partial charge in [-0.1, -0.05) is 326 Å². The van der Waals surface area contributed by atoms with Crippen molar-refractivity contribution in [1.29, 1.82) is 0 Å². The molecule has 0 aromatic carbocycles. The maximum absolute atomic E-state index is 12.4. The molecule has 0 saturated carbocycles. The smallest absolute Gasteiger partial charge is 0.305 e. The van der Waals surface area contributed by atoms with Gasteiger partial charge in [-0.15, -0.1) is 0 Å².